The summed E-state index contributed by atoms with van der Waals surface area (Å²) in [5.41, 5.74) is 0. The maximum Gasteiger partial charge on any atom is 0.0701 e. The zero-order valence-electron chi connectivity index (χ0n) is 12.2. The molecule has 1 aromatic heterocycles. The number of nitrogens with zero attached hydrogens (tertiary/aromatic N) is 1. The standard InChI is InChI=1S/C15H25BrN2S/c1-11(2)17-9-13-5-4-8-18(10-13)12(3)14-6-7-15(16)19-14/h6-7,11-13,17H,4-5,8-10H2,1-3H3. The third-order valence-electron chi connectivity index (χ3n) is 3.92. The van der Waals surface area contributed by atoms with Crippen LogP contribution in [0.25, 0.3) is 0 Å². The highest BCUT2D eigenvalue weighted by Gasteiger charge is 2.24. The first-order valence-electron chi connectivity index (χ1n) is 7.29. The van der Waals surface area contributed by atoms with Crippen molar-refractivity contribution in [3.8, 4) is 0 Å². The molecule has 1 aromatic rings. The summed E-state index contributed by atoms with van der Waals surface area (Å²) in [6.45, 7) is 10.4. The van der Waals surface area contributed by atoms with Gasteiger partial charge >= 0.3 is 0 Å². The third kappa shape index (κ3) is 4.55. The van der Waals surface area contributed by atoms with Crippen molar-refractivity contribution in [3.63, 3.8) is 0 Å². The highest BCUT2D eigenvalue weighted by molar-refractivity contribution is 9.11. The van der Waals surface area contributed by atoms with E-state index >= 15 is 0 Å². The Morgan fingerprint density at radius 1 is 1.42 bits per heavy atom. The van der Waals surface area contributed by atoms with Gasteiger partial charge in [-0.3, -0.25) is 4.90 Å². The molecule has 2 rings (SSSR count). The molecule has 108 valence electrons. The minimum absolute atomic E-state index is 0.554. The number of rotatable bonds is 5. The average molecular weight is 345 g/mol. The fourth-order valence-electron chi connectivity index (χ4n) is 2.75. The fourth-order valence-corrected chi connectivity index (χ4v) is 4.26. The van der Waals surface area contributed by atoms with Gasteiger partial charge in [0.1, 0.15) is 0 Å². The number of halogens is 1. The largest absolute Gasteiger partial charge is 0.314 e. The highest BCUT2D eigenvalue weighted by atomic mass is 79.9. The molecule has 0 saturated carbocycles. The van der Waals surface area contributed by atoms with Crippen molar-refractivity contribution >= 4 is 27.3 Å². The average Bonchev–Trinajstić information content (AvgIpc) is 2.82. The van der Waals surface area contributed by atoms with Crippen LogP contribution < -0.4 is 5.32 Å². The van der Waals surface area contributed by atoms with Crippen LogP contribution in [0, 0.1) is 5.92 Å². The van der Waals surface area contributed by atoms with Crippen molar-refractivity contribution in [1.82, 2.24) is 10.2 Å². The van der Waals surface area contributed by atoms with Crippen molar-refractivity contribution in [2.24, 2.45) is 5.92 Å². The Hall–Kier alpha value is 0.1000. The monoisotopic (exact) mass is 344 g/mol. The van der Waals surface area contributed by atoms with Crippen molar-refractivity contribution in [1.29, 1.82) is 0 Å². The van der Waals surface area contributed by atoms with Crippen LogP contribution in [0.3, 0.4) is 0 Å². The molecule has 0 aromatic carbocycles. The molecule has 0 spiro atoms. The van der Waals surface area contributed by atoms with E-state index in [2.05, 4.69) is 59.1 Å². The van der Waals surface area contributed by atoms with E-state index in [0.717, 1.165) is 12.5 Å². The minimum Gasteiger partial charge on any atom is -0.314 e. The number of hydrogen-bond acceptors (Lipinski definition) is 3. The van der Waals surface area contributed by atoms with Crippen LogP contribution in [-0.4, -0.2) is 30.6 Å². The molecule has 0 radical (unpaired) electrons. The maximum absolute atomic E-state index is 3.59. The van der Waals surface area contributed by atoms with Gasteiger partial charge in [-0.15, -0.1) is 11.3 Å². The van der Waals surface area contributed by atoms with Crippen molar-refractivity contribution in [2.45, 2.75) is 45.7 Å². The van der Waals surface area contributed by atoms with Gasteiger partial charge in [0, 0.05) is 23.5 Å². The molecule has 2 unspecified atom stereocenters. The van der Waals surface area contributed by atoms with E-state index in [1.54, 1.807) is 0 Å². The molecule has 4 heteroatoms. The summed E-state index contributed by atoms with van der Waals surface area (Å²) in [6, 6.07) is 5.58. The normalized spacial score (nSPS) is 22.9. The molecule has 2 nitrogen and oxygen atoms in total. The van der Waals surface area contributed by atoms with Crippen LogP contribution >= 0.6 is 27.3 Å². The van der Waals surface area contributed by atoms with Gasteiger partial charge in [0.15, 0.2) is 0 Å². The lowest BCUT2D eigenvalue weighted by Gasteiger charge is -2.36. The first-order valence-corrected chi connectivity index (χ1v) is 8.90. The molecule has 1 fully saturated rings. The van der Waals surface area contributed by atoms with Gasteiger partial charge in [-0.2, -0.15) is 0 Å². The van der Waals surface area contributed by atoms with Gasteiger partial charge in [0.2, 0.25) is 0 Å². The summed E-state index contributed by atoms with van der Waals surface area (Å²) < 4.78 is 1.24. The van der Waals surface area contributed by atoms with Gasteiger partial charge in [0.25, 0.3) is 0 Å². The van der Waals surface area contributed by atoms with E-state index in [0.29, 0.717) is 12.1 Å². The molecular formula is C15H25BrN2S. The second kappa shape index (κ2) is 7.21. The third-order valence-corrected chi connectivity index (χ3v) is 5.71. The summed E-state index contributed by atoms with van der Waals surface area (Å²) in [5, 5.41) is 3.59. The zero-order chi connectivity index (χ0) is 13.8. The second-order valence-corrected chi connectivity index (χ2v) is 8.38. The quantitative estimate of drug-likeness (QED) is 0.857. The lowest BCUT2D eigenvalue weighted by molar-refractivity contribution is 0.131. The Balaban J connectivity index is 1.89. The van der Waals surface area contributed by atoms with Crippen LogP contribution in [0.4, 0.5) is 0 Å². The van der Waals surface area contributed by atoms with E-state index in [1.807, 2.05) is 11.3 Å². The minimum atomic E-state index is 0.554. The highest BCUT2D eigenvalue weighted by Crippen LogP contribution is 2.32. The Kier molecular flexibility index (Phi) is 5.87. The molecule has 0 bridgehead atoms. The summed E-state index contributed by atoms with van der Waals surface area (Å²) in [7, 11) is 0. The topological polar surface area (TPSA) is 15.3 Å². The number of nitrogens with one attached hydrogen (secondary N) is 1. The first kappa shape index (κ1) is 15.5. The van der Waals surface area contributed by atoms with Crippen LogP contribution in [0.5, 0.6) is 0 Å². The summed E-state index contributed by atoms with van der Waals surface area (Å²) in [5.74, 6) is 0.807. The van der Waals surface area contributed by atoms with Crippen LogP contribution in [-0.2, 0) is 0 Å². The number of thiophene rings is 1. The predicted molar refractivity (Wildman–Crippen MR) is 87.9 cm³/mol. The molecule has 1 aliphatic rings. The van der Waals surface area contributed by atoms with Crippen molar-refractivity contribution in [2.75, 3.05) is 19.6 Å². The Labute approximate surface area is 129 Å². The number of piperidine rings is 1. The molecule has 2 atom stereocenters. The van der Waals surface area contributed by atoms with Crippen LogP contribution in [0.2, 0.25) is 0 Å². The van der Waals surface area contributed by atoms with E-state index < -0.39 is 0 Å². The predicted octanol–water partition coefficient (Wildman–Crippen LogP) is 4.28. The number of hydrogen-bond donors (Lipinski definition) is 1. The van der Waals surface area contributed by atoms with E-state index in [-0.39, 0.29) is 0 Å². The molecule has 1 saturated heterocycles. The van der Waals surface area contributed by atoms with Crippen molar-refractivity contribution < 1.29 is 0 Å². The molecule has 0 aliphatic carbocycles. The SMILES string of the molecule is CC(C)NCC1CCCN(C(C)c2ccc(Br)s2)C1. The lowest BCUT2D eigenvalue weighted by atomic mass is 9.96. The molecule has 1 N–H and O–H groups in total. The van der Waals surface area contributed by atoms with Gasteiger partial charge in [0.05, 0.1) is 3.79 Å². The molecule has 19 heavy (non-hydrogen) atoms. The van der Waals surface area contributed by atoms with E-state index in [4.69, 9.17) is 0 Å². The molecular weight excluding hydrogens is 320 g/mol. The smallest absolute Gasteiger partial charge is 0.0701 e. The summed E-state index contributed by atoms with van der Waals surface area (Å²) in [4.78, 5) is 4.12. The van der Waals surface area contributed by atoms with Crippen LogP contribution in [0.1, 0.15) is 44.5 Å². The second-order valence-electron chi connectivity index (χ2n) is 5.88. The molecule has 1 aliphatic heterocycles. The van der Waals surface area contributed by atoms with Crippen LogP contribution in [0.15, 0.2) is 15.9 Å². The number of likely N-dealkylation sites (tertiary alicyclic amines) is 1. The summed E-state index contributed by atoms with van der Waals surface area (Å²) in [6.07, 6.45) is 2.71. The molecule has 0 amide bonds. The maximum atomic E-state index is 3.59. The Bertz CT molecular complexity index is 391. The first-order chi connectivity index (χ1) is 9.06. The Morgan fingerprint density at radius 3 is 2.84 bits per heavy atom. The zero-order valence-corrected chi connectivity index (χ0v) is 14.6. The van der Waals surface area contributed by atoms with Gasteiger partial charge in [-0.25, -0.2) is 0 Å². The summed E-state index contributed by atoms with van der Waals surface area (Å²) >= 11 is 5.44. The van der Waals surface area contributed by atoms with Gasteiger partial charge in [-0.1, -0.05) is 13.8 Å². The van der Waals surface area contributed by atoms with E-state index in [1.165, 1.54) is 34.6 Å². The van der Waals surface area contributed by atoms with Gasteiger partial charge in [-0.05, 0) is 66.8 Å². The van der Waals surface area contributed by atoms with E-state index in [9.17, 15) is 0 Å². The lowest BCUT2D eigenvalue weighted by Crippen LogP contribution is -2.41. The Morgan fingerprint density at radius 2 is 2.21 bits per heavy atom. The van der Waals surface area contributed by atoms with Gasteiger partial charge < -0.3 is 5.32 Å². The fraction of sp³-hybridized carbons (Fsp3) is 0.733. The molecule has 2 heterocycles. The van der Waals surface area contributed by atoms with Crippen molar-refractivity contribution in [3.05, 3.63) is 20.8 Å².